The third-order valence-electron chi connectivity index (χ3n) is 3.55. The Morgan fingerprint density at radius 3 is 2.48 bits per heavy atom. The van der Waals surface area contributed by atoms with E-state index >= 15 is 0 Å². The summed E-state index contributed by atoms with van der Waals surface area (Å²) in [4.78, 5) is 11.5. The minimum Gasteiger partial charge on any atom is -0.308 e. The van der Waals surface area contributed by atoms with E-state index in [0.29, 0.717) is 11.6 Å². The Labute approximate surface area is 128 Å². The molecule has 0 bridgehead atoms. The van der Waals surface area contributed by atoms with Crippen molar-refractivity contribution in [2.45, 2.75) is 26.7 Å². The van der Waals surface area contributed by atoms with Gasteiger partial charge < -0.3 is 5.43 Å². The van der Waals surface area contributed by atoms with Gasteiger partial charge in [-0.05, 0) is 24.5 Å². The second-order valence-corrected chi connectivity index (χ2v) is 5.99. The van der Waals surface area contributed by atoms with E-state index in [1.807, 2.05) is 0 Å². The molecule has 0 radical (unpaired) electrons. The van der Waals surface area contributed by atoms with Gasteiger partial charge in [-0.1, -0.05) is 38.1 Å². The zero-order valence-corrected chi connectivity index (χ0v) is 13.0. The topological polar surface area (TPSA) is 63.8 Å². The largest absolute Gasteiger partial charge is 0.308 e. The maximum absolute atomic E-state index is 5.62. The minimum atomic E-state index is 0.686. The van der Waals surface area contributed by atoms with Crippen molar-refractivity contribution in [3.63, 3.8) is 0 Å². The molecule has 0 unspecified atom stereocenters. The van der Waals surface area contributed by atoms with Crippen LogP contribution in [-0.2, 0) is 12.8 Å². The van der Waals surface area contributed by atoms with Gasteiger partial charge in [-0.25, -0.2) is 15.8 Å². The summed E-state index contributed by atoms with van der Waals surface area (Å²) in [5.74, 6) is 7.02. The van der Waals surface area contributed by atoms with Gasteiger partial charge in [0.15, 0.2) is 11.6 Å². The lowest BCUT2D eigenvalue weighted by atomic mass is 10.1. The van der Waals surface area contributed by atoms with Gasteiger partial charge in [0.25, 0.3) is 0 Å². The monoisotopic (exact) mass is 298 g/mol. The van der Waals surface area contributed by atoms with Gasteiger partial charge in [-0.2, -0.15) is 0 Å². The molecule has 0 fully saturated rings. The van der Waals surface area contributed by atoms with Gasteiger partial charge >= 0.3 is 0 Å². The lowest BCUT2D eigenvalue weighted by molar-refractivity contribution is 1.14. The average Bonchev–Trinajstić information content (AvgIpc) is 2.97. The normalized spacial score (nSPS) is 11.0. The fourth-order valence-corrected chi connectivity index (χ4v) is 3.24. The zero-order chi connectivity index (χ0) is 14.8. The number of nitrogens with one attached hydrogen (secondary N) is 1. The molecule has 0 amide bonds. The Balaban J connectivity index is 2.13. The molecule has 108 valence electrons. The average molecular weight is 298 g/mol. The molecule has 1 aromatic carbocycles. The highest BCUT2D eigenvalue weighted by molar-refractivity contribution is 7.18. The number of thiophene rings is 1. The van der Waals surface area contributed by atoms with E-state index in [1.54, 1.807) is 11.3 Å². The molecule has 3 aromatic rings. The Kier molecular flexibility index (Phi) is 3.86. The fraction of sp³-hybridized carbons (Fsp3) is 0.250. The Morgan fingerprint density at radius 2 is 1.86 bits per heavy atom. The Bertz CT molecular complexity index is 762. The van der Waals surface area contributed by atoms with Crippen LogP contribution < -0.4 is 11.3 Å². The standard InChI is InChI=1S/C16H18N4S/c1-3-10-5-7-11(8-6-10)14-18-15(20-17)13-9-12(4-2)21-16(13)19-14/h5-9H,3-4,17H2,1-2H3,(H,18,19,20). The molecule has 0 saturated carbocycles. The summed E-state index contributed by atoms with van der Waals surface area (Å²) in [5.41, 5.74) is 5.01. The van der Waals surface area contributed by atoms with E-state index in [9.17, 15) is 0 Å². The van der Waals surface area contributed by atoms with Crippen LogP contribution in [0.5, 0.6) is 0 Å². The van der Waals surface area contributed by atoms with E-state index in [0.717, 1.165) is 28.6 Å². The molecule has 0 aliphatic rings. The van der Waals surface area contributed by atoms with Crippen LogP contribution in [0.25, 0.3) is 21.6 Å². The second kappa shape index (κ2) is 5.79. The van der Waals surface area contributed by atoms with Crippen LogP contribution in [0.15, 0.2) is 30.3 Å². The molecule has 0 aliphatic carbocycles. The van der Waals surface area contributed by atoms with Crippen molar-refractivity contribution >= 4 is 27.4 Å². The van der Waals surface area contributed by atoms with Gasteiger partial charge in [-0.3, -0.25) is 0 Å². The number of nitrogen functional groups attached to an aromatic ring is 1. The molecule has 0 saturated heterocycles. The molecular weight excluding hydrogens is 280 g/mol. The minimum absolute atomic E-state index is 0.686. The van der Waals surface area contributed by atoms with Crippen molar-refractivity contribution < 1.29 is 0 Å². The fourth-order valence-electron chi connectivity index (χ4n) is 2.27. The van der Waals surface area contributed by atoms with Crippen molar-refractivity contribution in [1.29, 1.82) is 0 Å². The number of aryl methyl sites for hydroxylation is 2. The first-order chi connectivity index (χ1) is 10.2. The summed E-state index contributed by atoms with van der Waals surface area (Å²) in [6, 6.07) is 10.5. The van der Waals surface area contributed by atoms with Crippen LogP contribution in [-0.4, -0.2) is 9.97 Å². The van der Waals surface area contributed by atoms with E-state index in [4.69, 9.17) is 10.8 Å². The van der Waals surface area contributed by atoms with Gasteiger partial charge in [0.1, 0.15) is 4.83 Å². The highest BCUT2D eigenvalue weighted by Gasteiger charge is 2.11. The summed E-state index contributed by atoms with van der Waals surface area (Å²) < 4.78 is 0. The molecular formula is C16H18N4S. The number of benzene rings is 1. The quantitative estimate of drug-likeness (QED) is 0.568. The SMILES string of the molecule is CCc1ccc(-c2nc(NN)c3cc(CC)sc3n2)cc1. The highest BCUT2D eigenvalue weighted by atomic mass is 32.1. The number of nitrogens with two attached hydrogens (primary N) is 1. The highest BCUT2D eigenvalue weighted by Crippen LogP contribution is 2.31. The van der Waals surface area contributed by atoms with E-state index in [2.05, 4.69) is 54.6 Å². The smallest absolute Gasteiger partial charge is 0.163 e. The lowest BCUT2D eigenvalue weighted by Gasteiger charge is -2.06. The second-order valence-electron chi connectivity index (χ2n) is 4.88. The zero-order valence-electron chi connectivity index (χ0n) is 12.2. The third kappa shape index (κ3) is 2.62. The van der Waals surface area contributed by atoms with Crippen LogP contribution in [0.3, 0.4) is 0 Å². The van der Waals surface area contributed by atoms with Crippen molar-refractivity contribution in [2.75, 3.05) is 5.43 Å². The predicted molar refractivity (Wildman–Crippen MR) is 89.4 cm³/mol. The van der Waals surface area contributed by atoms with Crippen LogP contribution in [0.4, 0.5) is 5.82 Å². The Hall–Kier alpha value is -1.98. The maximum Gasteiger partial charge on any atom is 0.163 e. The molecule has 3 rings (SSSR count). The number of anilines is 1. The number of hydrazine groups is 1. The predicted octanol–water partition coefficient (Wildman–Crippen LogP) is 3.77. The van der Waals surface area contributed by atoms with Crippen LogP contribution >= 0.6 is 11.3 Å². The molecule has 0 aliphatic heterocycles. The first-order valence-corrected chi connectivity index (χ1v) is 7.93. The molecule has 4 nitrogen and oxygen atoms in total. The summed E-state index contributed by atoms with van der Waals surface area (Å²) >= 11 is 1.70. The van der Waals surface area contributed by atoms with Gasteiger partial charge in [-0.15, -0.1) is 11.3 Å². The van der Waals surface area contributed by atoms with Gasteiger partial charge in [0, 0.05) is 10.4 Å². The number of nitrogens with zero attached hydrogens (tertiary/aromatic N) is 2. The number of hydrogen-bond donors (Lipinski definition) is 2. The summed E-state index contributed by atoms with van der Waals surface area (Å²) in [5, 5.41) is 0.994. The first kappa shape index (κ1) is 14.0. The van der Waals surface area contributed by atoms with Crippen molar-refractivity contribution in [2.24, 2.45) is 5.84 Å². The first-order valence-electron chi connectivity index (χ1n) is 7.11. The van der Waals surface area contributed by atoms with Crippen LogP contribution in [0, 0.1) is 0 Å². The van der Waals surface area contributed by atoms with Crippen LogP contribution in [0.2, 0.25) is 0 Å². The molecule has 3 N–H and O–H groups in total. The van der Waals surface area contributed by atoms with Crippen molar-refractivity contribution in [3.05, 3.63) is 40.8 Å². The summed E-state index contributed by atoms with van der Waals surface area (Å²) in [7, 11) is 0. The molecule has 21 heavy (non-hydrogen) atoms. The number of aromatic nitrogens is 2. The number of rotatable bonds is 4. The molecule has 2 aromatic heterocycles. The summed E-state index contributed by atoms with van der Waals surface area (Å²) in [6.07, 6.45) is 2.02. The third-order valence-corrected chi connectivity index (χ3v) is 4.72. The molecule has 2 heterocycles. The summed E-state index contributed by atoms with van der Waals surface area (Å²) in [6.45, 7) is 4.28. The molecule has 5 heteroatoms. The number of hydrogen-bond acceptors (Lipinski definition) is 5. The lowest BCUT2D eigenvalue weighted by Crippen LogP contribution is -2.09. The maximum atomic E-state index is 5.62. The van der Waals surface area contributed by atoms with E-state index < -0.39 is 0 Å². The number of fused-ring (bicyclic) bond motifs is 1. The van der Waals surface area contributed by atoms with Crippen LogP contribution in [0.1, 0.15) is 24.3 Å². The van der Waals surface area contributed by atoms with E-state index in [-0.39, 0.29) is 0 Å². The van der Waals surface area contributed by atoms with Gasteiger partial charge in [0.05, 0.1) is 5.39 Å². The molecule has 0 atom stereocenters. The molecule has 0 spiro atoms. The van der Waals surface area contributed by atoms with E-state index in [1.165, 1.54) is 10.4 Å². The Morgan fingerprint density at radius 1 is 1.10 bits per heavy atom. The van der Waals surface area contributed by atoms with Gasteiger partial charge in [0.2, 0.25) is 0 Å². The van der Waals surface area contributed by atoms with Crippen molar-refractivity contribution in [3.8, 4) is 11.4 Å². The van der Waals surface area contributed by atoms with Crippen molar-refractivity contribution in [1.82, 2.24) is 9.97 Å².